The topological polar surface area (TPSA) is 94.6 Å². The van der Waals surface area contributed by atoms with Gasteiger partial charge in [0.05, 0.1) is 23.5 Å². The first-order chi connectivity index (χ1) is 12.1. The number of fused-ring (bicyclic) bond motifs is 1. The summed E-state index contributed by atoms with van der Waals surface area (Å²) in [6.07, 6.45) is 0.0770. The van der Waals surface area contributed by atoms with Gasteiger partial charge in [0, 0.05) is 18.5 Å². The highest BCUT2D eigenvalue weighted by atomic mass is 32.1. The summed E-state index contributed by atoms with van der Waals surface area (Å²) in [6.45, 7) is 1.15. The predicted molar refractivity (Wildman–Crippen MR) is 94.0 cm³/mol. The number of aromatic nitrogens is 1. The quantitative estimate of drug-likeness (QED) is 0.863. The largest absolute Gasteiger partial charge is 0.336 e. The van der Waals surface area contributed by atoms with Crippen molar-refractivity contribution in [2.24, 2.45) is 0 Å². The van der Waals surface area contributed by atoms with E-state index >= 15 is 0 Å². The first-order valence-corrected chi connectivity index (χ1v) is 8.69. The number of thiazole rings is 1. The van der Waals surface area contributed by atoms with Crippen molar-refractivity contribution in [3.8, 4) is 0 Å². The van der Waals surface area contributed by atoms with E-state index in [-0.39, 0.29) is 30.8 Å². The maximum absolute atomic E-state index is 12.7. The van der Waals surface area contributed by atoms with Crippen LogP contribution >= 0.6 is 11.3 Å². The minimum absolute atomic E-state index is 0.0125. The second-order valence-electron chi connectivity index (χ2n) is 5.73. The number of hydrogen-bond acceptors (Lipinski definition) is 5. The molecule has 1 saturated heterocycles. The van der Waals surface area contributed by atoms with Gasteiger partial charge in [-0.05, 0) is 12.1 Å². The molecule has 4 amide bonds. The highest BCUT2D eigenvalue weighted by Gasteiger charge is 2.28. The molecule has 0 bridgehead atoms. The van der Waals surface area contributed by atoms with Crippen LogP contribution in [0.5, 0.6) is 0 Å². The van der Waals surface area contributed by atoms with E-state index in [1.165, 1.54) is 16.2 Å². The van der Waals surface area contributed by atoms with Gasteiger partial charge in [-0.1, -0.05) is 12.1 Å². The van der Waals surface area contributed by atoms with Gasteiger partial charge in [0.15, 0.2) is 5.13 Å². The minimum atomic E-state index is -0.222. The van der Waals surface area contributed by atoms with Crippen LogP contribution in [-0.4, -0.2) is 42.5 Å². The molecule has 128 valence electrons. The highest BCUT2D eigenvalue weighted by molar-refractivity contribution is 7.14. The SMILES string of the molecule is O=C1CN(C(=O)Cc2csc(N3CCNC3=O)n2)c2ccccc2N1. The Labute approximate surface area is 147 Å². The maximum atomic E-state index is 12.7. The summed E-state index contributed by atoms with van der Waals surface area (Å²) in [5.74, 6) is -0.426. The number of hydrogen-bond donors (Lipinski definition) is 2. The van der Waals surface area contributed by atoms with Gasteiger partial charge in [-0.15, -0.1) is 11.3 Å². The van der Waals surface area contributed by atoms with Gasteiger partial charge in [0.25, 0.3) is 0 Å². The minimum Gasteiger partial charge on any atom is -0.336 e. The molecule has 3 heterocycles. The van der Waals surface area contributed by atoms with Crippen molar-refractivity contribution in [2.45, 2.75) is 6.42 Å². The van der Waals surface area contributed by atoms with Crippen LogP contribution in [0.2, 0.25) is 0 Å². The van der Waals surface area contributed by atoms with Crippen LogP contribution in [0.4, 0.5) is 21.3 Å². The van der Waals surface area contributed by atoms with Crippen LogP contribution in [0.1, 0.15) is 5.69 Å². The van der Waals surface area contributed by atoms with Gasteiger partial charge in [0.2, 0.25) is 11.8 Å². The number of nitrogens with zero attached hydrogens (tertiary/aromatic N) is 3. The summed E-state index contributed by atoms with van der Waals surface area (Å²) in [4.78, 5) is 43.6. The molecule has 1 aromatic carbocycles. The van der Waals surface area contributed by atoms with Crippen molar-refractivity contribution in [3.63, 3.8) is 0 Å². The number of benzene rings is 1. The van der Waals surface area contributed by atoms with Crippen molar-refractivity contribution in [2.75, 3.05) is 34.8 Å². The van der Waals surface area contributed by atoms with Crippen molar-refractivity contribution in [3.05, 3.63) is 35.3 Å². The van der Waals surface area contributed by atoms with E-state index in [9.17, 15) is 14.4 Å². The molecular weight excluding hydrogens is 342 g/mol. The van der Waals surface area contributed by atoms with Gasteiger partial charge in [-0.2, -0.15) is 0 Å². The van der Waals surface area contributed by atoms with Crippen LogP contribution in [-0.2, 0) is 16.0 Å². The molecule has 0 unspecified atom stereocenters. The second-order valence-corrected chi connectivity index (χ2v) is 6.56. The Morgan fingerprint density at radius 2 is 2.12 bits per heavy atom. The lowest BCUT2D eigenvalue weighted by Crippen LogP contribution is -2.42. The molecule has 2 aliphatic rings. The second kappa shape index (κ2) is 6.17. The molecule has 1 aromatic heterocycles. The smallest absolute Gasteiger partial charge is 0.323 e. The molecule has 0 saturated carbocycles. The summed E-state index contributed by atoms with van der Waals surface area (Å²) >= 11 is 1.33. The standard InChI is InChI=1S/C16H15N5O3S/c22-13-8-21(12-4-2-1-3-11(12)19-13)14(23)7-10-9-25-16(18-10)20-6-5-17-15(20)24/h1-4,9H,5-8H2,(H,17,24)(H,19,22). The van der Waals surface area contributed by atoms with Crippen molar-refractivity contribution < 1.29 is 14.4 Å². The summed E-state index contributed by atoms with van der Waals surface area (Å²) in [7, 11) is 0. The van der Waals surface area contributed by atoms with Crippen LogP contribution in [0.15, 0.2) is 29.6 Å². The normalized spacial score (nSPS) is 16.5. The average molecular weight is 357 g/mol. The maximum Gasteiger partial charge on any atom is 0.323 e. The first-order valence-electron chi connectivity index (χ1n) is 7.81. The molecule has 25 heavy (non-hydrogen) atoms. The number of rotatable bonds is 3. The summed E-state index contributed by atoms with van der Waals surface area (Å²) in [5, 5.41) is 7.83. The third kappa shape index (κ3) is 2.93. The zero-order valence-corrected chi connectivity index (χ0v) is 14.0. The van der Waals surface area contributed by atoms with Gasteiger partial charge >= 0.3 is 6.03 Å². The van der Waals surface area contributed by atoms with E-state index in [4.69, 9.17) is 0 Å². The fraction of sp³-hybridized carbons (Fsp3) is 0.250. The Hall–Kier alpha value is -2.94. The highest BCUT2D eigenvalue weighted by Crippen LogP contribution is 2.30. The molecule has 8 nitrogen and oxygen atoms in total. The molecule has 0 atom stereocenters. The number of urea groups is 1. The molecule has 9 heteroatoms. The van der Waals surface area contributed by atoms with Crippen molar-refractivity contribution >= 4 is 45.7 Å². The molecule has 4 rings (SSSR count). The molecule has 1 fully saturated rings. The lowest BCUT2D eigenvalue weighted by Gasteiger charge is -2.29. The third-order valence-corrected chi connectivity index (χ3v) is 4.94. The van der Waals surface area contributed by atoms with Crippen molar-refractivity contribution in [1.29, 1.82) is 0 Å². The van der Waals surface area contributed by atoms with Crippen LogP contribution < -0.4 is 20.4 Å². The van der Waals surface area contributed by atoms with Crippen LogP contribution in [0.25, 0.3) is 0 Å². The fourth-order valence-corrected chi connectivity index (χ4v) is 3.71. The van der Waals surface area contributed by atoms with Gasteiger partial charge in [-0.25, -0.2) is 9.78 Å². The third-order valence-electron chi connectivity index (χ3n) is 4.03. The molecule has 2 N–H and O–H groups in total. The van der Waals surface area contributed by atoms with E-state index in [0.29, 0.717) is 35.3 Å². The number of nitrogens with one attached hydrogen (secondary N) is 2. The lowest BCUT2D eigenvalue weighted by molar-refractivity contribution is -0.121. The Bertz CT molecular complexity index is 865. The summed E-state index contributed by atoms with van der Waals surface area (Å²) in [6, 6.07) is 7.02. The van der Waals surface area contributed by atoms with E-state index < -0.39 is 0 Å². The number of carbonyl (C=O) groups excluding carboxylic acids is 3. The Morgan fingerprint density at radius 1 is 1.28 bits per heavy atom. The molecule has 0 aliphatic carbocycles. The number of carbonyl (C=O) groups is 3. The van der Waals surface area contributed by atoms with E-state index in [2.05, 4.69) is 15.6 Å². The molecule has 0 spiro atoms. The molecule has 2 aliphatic heterocycles. The predicted octanol–water partition coefficient (Wildman–Crippen LogP) is 1.20. The summed E-state index contributed by atoms with van der Waals surface area (Å²) < 4.78 is 0. The number of amides is 4. The Balaban J connectivity index is 1.52. The van der Waals surface area contributed by atoms with E-state index in [0.717, 1.165) is 0 Å². The van der Waals surface area contributed by atoms with Crippen LogP contribution in [0.3, 0.4) is 0 Å². The molecular formula is C16H15N5O3S. The van der Waals surface area contributed by atoms with E-state index in [1.807, 2.05) is 6.07 Å². The number of para-hydroxylation sites is 2. The Morgan fingerprint density at radius 3 is 2.92 bits per heavy atom. The van der Waals surface area contributed by atoms with Gasteiger partial charge in [-0.3, -0.25) is 14.5 Å². The zero-order valence-electron chi connectivity index (χ0n) is 13.2. The first kappa shape index (κ1) is 15.6. The van der Waals surface area contributed by atoms with Gasteiger partial charge < -0.3 is 15.5 Å². The fourth-order valence-electron chi connectivity index (χ4n) is 2.86. The monoisotopic (exact) mass is 357 g/mol. The lowest BCUT2D eigenvalue weighted by atomic mass is 10.1. The van der Waals surface area contributed by atoms with Crippen LogP contribution in [0, 0.1) is 0 Å². The summed E-state index contributed by atoms with van der Waals surface area (Å²) in [5.41, 5.74) is 1.90. The zero-order chi connectivity index (χ0) is 17.4. The van der Waals surface area contributed by atoms with E-state index in [1.54, 1.807) is 28.5 Å². The average Bonchev–Trinajstić information content (AvgIpc) is 3.22. The Kier molecular flexibility index (Phi) is 3.85. The molecule has 0 radical (unpaired) electrons. The number of anilines is 3. The van der Waals surface area contributed by atoms with Gasteiger partial charge in [0.1, 0.15) is 6.54 Å². The van der Waals surface area contributed by atoms with Crippen molar-refractivity contribution in [1.82, 2.24) is 10.3 Å². The molecule has 2 aromatic rings.